The van der Waals surface area contributed by atoms with Crippen LogP contribution in [0.1, 0.15) is 38.5 Å². The van der Waals surface area contributed by atoms with Crippen molar-refractivity contribution in [2.24, 2.45) is 5.92 Å². The van der Waals surface area contributed by atoms with E-state index in [4.69, 9.17) is 0 Å². The first-order valence-corrected chi connectivity index (χ1v) is 6.41. The fourth-order valence-electron chi connectivity index (χ4n) is 3.57. The summed E-state index contributed by atoms with van der Waals surface area (Å²) in [6.45, 7) is 3.97. The molecule has 0 amide bonds. The second-order valence-electron chi connectivity index (χ2n) is 5.34. The van der Waals surface area contributed by atoms with E-state index in [1.54, 1.807) is 0 Å². The van der Waals surface area contributed by atoms with Crippen molar-refractivity contribution in [3.05, 3.63) is 0 Å². The first-order valence-electron chi connectivity index (χ1n) is 6.41. The van der Waals surface area contributed by atoms with Gasteiger partial charge in [0.15, 0.2) is 0 Å². The topological polar surface area (TPSA) is 15.3 Å². The molecule has 0 aromatic heterocycles. The maximum Gasteiger partial charge on any atom is 0.0207 e. The van der Waals surface area contributed by atoms with Gasteiger partial charge in [0.2, 0.25) is 0 Å². The molecule has 14 heavy (non-hydrogen) atoms. The van der Waals surface area contributed by atoms with Crippen molar-refractivity contribution in [2.45, 2.75) is 50.6 Å². The Morgan fingerprint density at radius 1 is 1.07 bits per heavy atom. The Hall–Kier alpha value is -0.0800. The summed E-state index contributed by atoms with van der Waals surface area (Å²) in [6, 6.07) is 1.79. The molecule has 3 atom stereocenters. The highest BCUT2D eigenvalue weighted by atomic mass is 15.2. The van der Waals surface area contributed by atoms with E-state index in [1.807, 2.05) is 0 Å². The van der Waals surface area contributed by atoms with E-state index in [1.165, 1.54) is 58.2 Å². The van der Waals surface area contributed by atoms with E-state index >= 15 is 0 Å². The average molecular weight is 194 g/mol. The smallest absolute Gasteiger partial charge is 0.0207 e. The van der Waals surface area contributed by atoms with Crippen LogP contribution >= 0.6 is 0 Å². The van der Waals surface area contributed by atoms with Crippen LogP contribution < -0.4 is 5.32 Å². The van der Waals surface area contributed by atoms with Crippen LogP contribution in [0, 0.1) is 5.92 Å². The summed E-state index contributed by atoms with van der Waals surface area (Å²) >= 11 is 0. The summed E-state index contributed by atoms with van der Waals surface area (Å²) in [6.07, 6.45) is 8.86. The predicted octanol–water partition coefficient (Wildman–Crippen LogP) is 1.61. The van der Waals surface area contributed by atoms with Gasteiger partial charge in [0, 0.05) is 18.6 Å². The summed E-state index contributed by atoms with van der Waals surface area (Å²) in [4.78, 5) is 2.79. The molecule has 1 saturated carbocycles. The zero-order valence-electron chi connectivity index (χ0n) is 9.04. The van der Waals surface area contributed by atoms with E-state index in [0.29, 0.717) is 0 Å². The second kappa shape index (κ2) is 3.82. The monoisotopic (exact) mass is 194 g/mol. The molecule has 2 aliphatic heterocycles. The molecule has 0 radical (unpaired) electrons. The number of nitrogens with zero attached hydrogens (tertiary/aromatic N) is 1. The lowest BCUT2D eigenvalue weighted by Crippen LogP contribution is -2.54. The van der Waals surface area contributed by atoms with Crippen LogP contribution in [0.4, 0.5) is 0 Å². The summed E-state index contributed by atoms with van der Waals surface area (Å²) < 4.78 is 0. The molecule has 2 saturated heterocycles. The Balaban J connectivity index is 1.59. The van der Waals surface area contributed by atoms with Crippen molar-refractivity contribution >= 4 is 0 Å². The molecule has 3 unspecified atom stereocenters. The SMILES string of the molecule is C1CC2CCCN(CC3CCN3)C2C1. The van der Waals surface area contributed by atoms with Crippen molar-refractivity contribution in [1.82, 2.24) is 10.2 Å². The van der Waals surface area contributed by atoms with E-state index in [0.717, 1.165) is 18.0 Å². The van der Waals surface area contributed by atoms with Gasteiger partial charge in [-0.2, -0.15) is 0 Å². The molecule has 1 N–H and O–H groups in total. The van der Waals surface area contributed by atoms with Crippen LogP contribution in [0.5, 0.6) is 0 Å². The van der Waals surface area contributed by atoms with E-state index in [9.17, 15) is 0 Å². The van der Waals surface area contributed by atoms with Crippen molar-refractivity contribution in [3.8, 4) is 0 Å². The molecule has 2 heteroatoms. The van der Waals surface area contributed by atoms with Gasteiger partial charge in [-0.1, -0.05) is 6.42 Å². The lowest BCUT2D eigenvalue weighted by atomic mass is 9.91. The van der Waals surface area contributed by atoms with E-state index in [2.05, 4.69) is 10.2 Å². The summed E-state index contributed by atoms with van der Waals surface area (Å²) in [5.41, 5.74) is 0. The lowest BCUT2D eigenvalue weighted by molar-refractivity contribution is 0.0902. The maximum absolute atomic E-state index is 3.53. The minimum Gasteiger partial charge on any atom is -0.313 e. The highest BCUT2D eigenvalue weighted by Crippen LogP contribution is 2.36. The van der Waals surface area contributed by atoms with E-state index in [-0.39, 0.29) is 0 Å². The van der Waals surface area contributed by atoms with Gasteiger partial charge in [0.05, 0.1) is 0 Å². The first-order chi connectivity index (χ1) is 6.93. The van der Waals surface area contributed by atoms with Crippen molar-refractivity contribution in [3.63, 3.8) is 0 Å². The summed E-state index contributed by atoms with van der Waals surface area (Å²) in [5, 5.41) is 3.53. The van der Waals surface area contributed by atoms with Gasteiger partial charge in [-0.25, -0.2) is 0 Å². The Morgan fingerprint density at radius 2 is 1.93 bits per heavy atom. The number of nitrogens with one attached hydrogen (secondary N) is 1. The largest absolute Gasteiger partial charge is 0.313 e. The molecule has 3 aliphatic rings. The molecule has 0 bridgehead atoms. The zero-order valence-corrected chi connectivity index (χ0v) is 9.04. The number of likely N-dealkylation sites (tertiary alicyclic amines) is 1. The third kappa shape index (κ3) is 1.59. The number of hydrogen-bond acceptors (Lipinski definition) is 2. The van der Waals surface area contributed by atoms with Gasteiger partial charge < -0.3 is 5.32 Å². The highest BCUT2D eigenvalue weighted by molar-refractivity contribution is 4.92. The molecule has 0 spiro atoms. The fraction of sp³-hybridized carbons (Fsp3) is 1.00. The molecular formula is C12H22N2. The van der Waals surface area contributed by atoms with Crippen LogP contribution in [0.3, 0.4) is 0 Å². The molecular weight excluding hydrogens is 172 g/mol. The molecule has 1 aliphatic carbocycles. The lowest BCUT2D eigenvalue weighted by Gasteiger charge is -2.42. The molecule has 2 heterocycles. The Morgan fingerprint density at radius 3 is 2.71 bits per heavy atom. The number of fused-ring (bicyclic) bond motifs is 1. The van der Waals surface area contributed by atoms with Gasteiger partial charge in [-0.15, -0.1) is 0 Å². The van der Waals surface area contributed by atoms with Crippen LogP contribution in [0.25, 0.3) is 0 Å². The van der Waals surface area contributed by atoms with Gasteiger partial charge >= 0.3 is 0 Å². The average Bonchev–Trinajstić information content (AvgIpc) is 2.59. The number of rotatable bonds is 2. The minimum absolute atomic E-state index is 0.828. The van der Waals surface area contributed by atoms with Crippen LogP contribution in [0.15, 0.2) is 0 Å². The van der Waals surface area contributed by atoms with Gasteiger partial charge in [0.25, 0.3) is 0 Å². The van der Waals surface area contributed by atoms with Gasteiger partial charge in [-0.3, -0.25) is 4.90 Å². The minimum atomic E-state index is 0.828. The molecule has 0 aromatic rings. The third-order valence-electron chi connectivity index (χ3n) is 4.49. The Bertz CT molecular complexity index is 200. The first kappa shape index (κ1) is 9.17. The van der Waals surface area contributed by atoms with Gasteiger partial charge in [0.1, 0.15) is 0 Å². The third-order valence-corrected chi connectivity index (χ3v) is 4.49. The van der Waals surface area contributed by atoms with Crippen LogP contribution in [-0.4, -0.2) is 36.6 Å². The Labute approximate surface area is 87.0 Å². The van der Waals surface area contributed by atoms with Crippen LogP contribution in [0.2, 0.25) is 0 Å². The summed E-state index contributed by atoms with van der Waals surface area (Å²) in [5.74, 6) is 1.06. The molecule has 3 fully saturated rings. The van der Waals surface area contributed by atoms with Crippen molar-refractivity contribution in [2.75, 3.05) is 19.6 Å². The molecule has 2 nitrogen and oxygen atoms in total. The molecule has 0 aromatic carbocycles. The number of piperidine rings is 1. The zero-order chi connectivity index (χ0) is 9.38. The summed E-state index contributed by atoms with van der Waals surface area (Å²) in [7, 11) is 0. The predicted molar refractivity (Wildman–Crippen MR) is 58.3 cm³/mol. The Kier molecular flexibility index (Phi) is 2.50. The number of hydrogen-bond donors (Lipinski definition) is 1. The standard InChI is InChI=1S/C12H22N2/c1-3-10-4-2-8-14(12(10)5-1)9-11-6-7-13-11/h10-13H,1-9H2. The quantitative estimate of drug-likeness (QED) is 0.718. The second-order valence-corrected chi connectivity index (χ2v) is 5.34. The van der Waals surface area contributed by atoms with Crippen LogP contribution in [-0.2, 0) is 0 Å². The maximum atomic E-state index is 3.53. The van der Waals surface area contributed by atoms with E-state index < -0.39 is 0 Å². The highest BCUT2D eigenvalue weighted by Gasteiger charge is 2.36. The molecule has 3 rings (SSSR count). The fourth-order valence-corrected chi connectivity index (χ4v) is 3.57. The van der Waals surface area contributed by atoms with Crippen molar-refractivity contribution < 1.29 is 0 Å². The molecule has 80 valence electrons. The van der Waals surface area contributed by atoms with Crippen molar-refractivity contribution in [1.29, 1.82) is 0 Å². The normalized spacial score (nSPS) is 43.3. The van der Waals surface area contributed by atoms with Gasteiger partial charge in [-0.05, 0) is 51.1 Å².